The topological polar surface area (TPSA) is 57.0 Å². The second kappa shape index (κ2) is 9.00. The molecule has 0 radical (unpaired) electrons. The third-order valence-electron chi connectivity index (χ3n) is 5.85. The van der Waals surface area contributed by atoms with Gasteiger partial charge >= 0.3 is 0 Å². The summed E-state index contributed by atoms with van der Waals surface area (Å²) in [5, 5.41) is 2.07. The Labute approximate surface area is 212 Å². The molecule has 0 bridgehead atoms. The van der Waals surface area contributed by atoms with Gasteiger partial charge in [0.15, 0.2) is 10.8 Å². The number of fused-ring (bicyclic) bond motifs is 2. The molecular formula is C26H23Cl2N3O2S. The summed E-state index contributed by atoms with van der Waals surface area (Å²) < 4.78 is 7.60. The van der Waals surface area contributed by atoms with Crippen LogP contribution in [0.1, 0.15) is 36.2 Å². The molecule has 2 aromatic heterocycles. The van der Waals surface area contributed by atoms with Crippen molar-refractivity contribution >= 4 is 46.0 Å². The third kappa shape index (κ3) is 4.60. The first kappa shape index (κ1) is 23.4. The van der Waals surface area contributed by atoms with Crippen LogP contribution in [-0.4, -0.2) is 20.1 Å². The minimum Gasteiger partial charge on any atom is -0.370 e. The monoisotopic (exact) mass is 511 g/mol. The summed E-state index contributed by atoms with van der Waals surface area (Å²) in [6.07, 6.45) is 0.673. The van der Waals surface area contributed by atoms with Crippen molar-refractivity contribution in [3.05, 3.63) is 91.3 Å². The summed E-state index contributed by atoms with van der Waals surface area (Å²) in [6.45, 7) is 6.54. The normalized spacial score (nSPS) is 14.9. The second-order valence-electron chi connectivity index (χ2n) is 9.10. The number of benzene rings is 2. The quantitative estimate of drug-likeness (QED) is 0.230. The van der Waals surface area contributed by atoms with Crippen molar-refractivity contribution in [3.63, 3.8) is 0 Å². The van der Waals surface area contributed by atoms with E-state index >= 15 is 0 Å². The number of aryl methyl sites for hydroxylation is 1. The molecule has 1 aliphatic heterocycles. The smallest absolute Gasteiger partial charge is 0.268 e. The van der Waals surface area contributed by atoms with E-state index in [1.54, 1.807) is 10.6 Å². The van der Waals surface area contributed by atoms with E-state index in [4.69, 9.17) is 37.9 Å². The zero-order valence-electron chi connectivity index (χ0n) is 19.1. The molecule has 0 amide bonds. The molecule has 0 atom stereocenters. The van der Waals surface area contributed by atoms with Gasteiger partial charge in [-0.3, -0.25) is 9.36 Å². The SMILES string of the molecule is Cc1ccc(-n2c(SCc3ccc(Cl)c(Cl)c3)nc3nc4c(cc3c2=O)COC(C)(C)C4)cc1. The predicted octanol–water partition coefficient (Wildman–Crippen LogP) is 6.54. The fourth-order valence-electron chi connectivity index (χ4n) is 3.97. The standard InChI is InChI=1S/C26H23Cl2N3O2S/c1-15-4-7-18(8-5-15)31-24(32)19-11-17-13-33-26(2,3)12-22(17)29-23(19)30-25(31)34-14-16-6-9-20(27)21(28)10-16/h4-11H,12-14H2,1-3H3. The molecule has 1 aliphatic rings. The largest absolute Gasteiger partial charge is 0.370 e. The lowest BCUT2D eigenvalue weighted by molar-refractivity contribution is -0.0411. The van der Waals surface area contributed by atoms with E-state index < -0.39 is 0 Å². The van der Waals surface area contributed by atoms with Crippen LogP contribution in [-0.2, 0) is 23.5 Å². The highest BCUT2D eigenvalue weighted by Gasteiger charge is 2.28. The molecule has 0 N–H and O–H groups in total. The van der Waals surface area contributed by atoms with Gasteiger partial charge in [-0.05, 0) is 56.7 Å². The Kier molecular flexibility index (Phi) is 6.19. The Morgan fingerprint density at radius 1 is 1.06 bits per heavy atom. The molecule has 0 saturated heterocycles. The zero-order chi connectivity index (χ0) is 24.0. The molecule has 5 rings (SSSR count). The Hall–Kier alpha value is -2.38. The highest BCUT2D eigenvalue weighted by Crippen LogP contribution is 2.31. The Morgan fingerprint density at radius 2 is 1.82 bits per heavy atom. The van der Waals surface area contributed by atoms with Crippen molar-refractivity contribution in [2.75, 3.05) is 0 Å². The van der Waals surface area contributed by atoms with E-state index in [0.717, 1.165) is 28.1 Å². The van der Waals surface area contributed by atoms with Crippen LogP contribution in [0.2, 0.25) is 10.0 Å². The fourth-order valence-corrected chi connectivity index (χ4v) is 5.24. The van der Waals surface area contributed by atoms with E-state index in [1.807, 2.05) is 63.2 Å². The average molecular weight is 512 g/mol. The number of aromatic nitrogens is 3. The molecule has 3 heterocycles. The number of hydrogen-bond donors (Lipinski definition) is 0. The van der Waals surface area contributed by atoms with Crippen molar-refractivity contribution in [1.82, 2.24) is 14.5 Å². The highest BCUT2D eigenvalue weighted by molar-refractivity contribution is 7.98. The van der Waals surface area contributed by atoms with Crippen molar-refractivity contribution < 1.29 is 4.74 Å². The van der Waals surface area contributed by atoms with Crippen molar-refractivity contribution in [1.29, 1.82) is 0 Å². The lowest BCUT2D eigenvalue weighted by atomic mass is 9.95. The van der Waals surface area contributed by atoms with E-state index in [2.05, 4.69) is 0 Å². The molecule has 2 aromatic carbocycles. The van der Waals surface area contributed by atoms with Gasteiger partial charge < -0.3 is 4.74 Å². The predicted molar refractivity (Wildman–Crippen MR) is 138 cm³/mol. The summed E-state index contributed by atoms with van der Waals surface area (Å²) in [5.41, 5.74) is 4.76. The molecule has 0 aliphatic carbocycles. The molecular weight excluding hydrogens is 489 g/mol. The molecule has 174 valence electrons. The number of rotatable bonds is 4. The van der Waals surface area contributed by atoms with Crippen molar-refractivity contribution in [2.45, 2.75) is 50.3 Å². The molecule has 5 nitrogen and oxygen atoms in total. The minimum absolute atomic E-state index is 0.148. The summed E-state index contributed by atoms with van der Waals surface area (Å²) in [4.78, 5) is 23.4. The molecule has 0 fully saturated rings. The molecule has 0 saturated carbocycles. The van der Waals surface area contributed by atoms with Crippen LogP contribution in [0, 0.1) is 6.92 Å². The van der Waals surface area contributed by atoms with Crippen LogP contribution in [0.15, 0.2) is 58.5 Å². The van der Waals surface area contributed by atoms with Gasteiger partial charge in [0, 0.05) is 17.7 Å². The minimum atomic E-state index is -0.296. The van der Waals surface area contributed by atoms with Crippen LogP contribution in [0.25, 0.3) is 16.7 Å². The summed E-state index contributed by atoms with van der Waals surface area (Å²) in [6, 6.07) is 15.3. The van der Waals surface area contributed by atoms with Crippen LogP contribution >= 0.6 is 35.0 Å². The lowest BCUT2D eigenvalue weighted by Gasteiger charge is -2.31. The molecule has 0 spiro atoms. The van der Waals surface area contributed by atoms with Gasteiger partial charge in [0.05, 0.1) is 39.0 Å². The van der Waals surface area contributed by atoms with Gasteiger partial charge in [0.25, 0.3) is 5.56 Å². The number of pyridine rings is 1. The first-order chi connectivity index (χ1) is 16.2. The third-order valence-corrected chi connectivity index (χ3v) is 7.60. The summed E-state index contributed by atoms with van der Waals surface area (Å²) >= 11 is 13.7. The average Bonchev–Trinajstić information content (AvgIpc) is 2.79. The molecule has 4 aromatic rings. The molecule has 0 unspecified atom stereocenters. The highest BCUT2D eigenvalue weighted by atomic mass is 35.5. The lowest BCUT2D eigenvalue weighted by Crippen LogP contribution is -2.33. The number of hydrogen-bond acceptors (Lipinski definition) is 5. The summed E-state index contributed by atoms with van der Waals surface area (Å²) in [5.74, 6) is 0.576. The van der Waals surface area contributed by atoms with E-state index in [9.17, 15) is 4.79 Å². The van der Waals surface area contributed by atoms with Crippen LogP contribution in [0.5, 0.6) is 0 Å². The number of halogens is 2. The van der Waals surface area contributed by atoms with Gasteiger partial charge in [-0.15, -0.1) is 0 Å². The maximum atomic E-state index is 13.7. The maximum absolute atomic E-state index is 13.7. The molecule has 8 heteroatoms. The number of thioether (sulfide) groups is 1. The van der Waals surface area contributed by atoms with Gasteiger partial charge in [0.1, 0.15) is 0 Å². The van der Waals surface area contributed by atoms with Crippen LogP contribution in [0.4, 0.5) is 0 Å². The van der Waals surface area contributed by atoms with E-state index in [-0.39, 0.29) is 11.2 Å². The Bertz CT molecular complexity index is 1470. The second-order valence-corrected chi connectivity index (χ2v) is 10.9. The summed E-state index contributed by atoms with van der Waals surface area (Å²) in [7, 11) is 0. The first-order valence-corrected chi connectivity index (χ1v) is 12.7. The van der Waals surface area contributed by atoms with Gasteiger partial charge in [0.2, 0.25) is 0 Å². The van der Waals surface area contributed by atoms with Gasteiger partial charge in [-0.2, -0.15) is 0 Å². The first-order valence-electron chi connectivity index (χ1n) is 10.9. The Morgan fingerprint density at radius 3 is 2.56 bits per heavy atom. The van der Waals surface area contributed by atoms with Crippen LogP contribution in [0.3, 0.4) is 0 Å². The number of nitrogens with zero attached hydrogens (tertiary/aromatic N) is 3. The molecule has 34 heavy (non-hydrogen) atoms. The van der Waals surface area contributed by atoms with E-state index in [1.165, 1.54) is 11.8 Å². The Balaban J connectivity index is 1.64. The zero-order valence-corrected chi connectivity index (χ0v) is 21.4. The number of ether oxygens (including phenoxy) is 1. The van der Waals surface area contributed by atoms with E-state index in [0.29, 0.717) is 45.0 Å². The van der Waals surface area contributed by atoms with Gasteiger partial charge in [-0.1, -0.05) is 58.7 Å². The van der Waals surface area contributed by atoms with Crippen molar-refractivity contribution in [2.24, 2.45) is 0 Å². The van der Waals surface area contributed by atoms with Crippen LogP contribution < -0.4 is 5.56 Å². The van der Waals surface area contributed by atoms with Crippen molar-refractivity contribution in [3.8, 4) is 5.69 Å². The van der Waals surface area contributed by atoms with Gasteiger partial charge in [-0.25, -0.2) is 9.97 Å². The maximum Gasteiger partial charge on any atom is 0.268 e. The fraction of sp³-hybridized carbons (Fsp3) is 0.269.